The van der Waals surface area contributed by atoms with Crippen LogP contribution in [0.2, 0.25) is 0 Å². The van der Waals surface area contributed by atoms with Gasteiger partial charge in [-0.05, 0) is 32.2 Å². The number of aromatic nitrogens is 1. The maximum atomic E-state index is 12.6. The summed E-state index contributed by atoms with van der Waals surface area (Å²) in [6, 6.07) is 3.75. The van der Waals surface area contributed by atoms with E-state index in [4.69, 9.17) is 4.42 Å². The summed E-state index contributed by atoms with van der Waals surface area (Å²) in [7, 11) is 0. The molecule has 1 aliphatic heterocycles. The summed E-state index contributed by atoms with van der Waals surface area (Å²) in [4.78, 5) is 45.2. The average molecular weight is 404 g/mol. The van der Waals surface area contributed by atoms with Gasteiger partial charge < -0.3 is 19.5 Å². The summed E-state index contributed by atoms with van der Waals surface area (Å²) in [5, 5.41) is 4.54. The average Bonchev–Trinajstić information content (AvgIpc) is 3.31. The van der Waals surface area contributed by atoms with Gasteiger partial charge in [-0.1, -0.05) is 6.07 Å². The molecule has 0 saturated carbocycles. The fourth-order valence-corrected chi connectivity index (χ4v) is 3.63. The number of piperazine rings is 1. The van der Waals surface area contributed by atoms with Crippen molar-refractivity contribution in [3.63, 3.8) is 0 Å². The second-order valence-corrected chi connectivity index (χ2v) is 7.92. The molecule has 28 heavy (non-hydrogen) atoms. The molecule has 3 rings (SSSR count). The van der Waals surface area contributed by atoms with E-state index in [1.807, 2.05) is 17.5 Å². The molecule has 3 heterocycles. The van der Waals surface area contributed by atoms with Gasteiger partial charge in [-0.2, -0.15) is 0 Å². The monoisotopic (exact) mass is 404 g/mol. The summed E-state index contributed by atoms with van der Waals surface area (Å²) in [6.07, 6.45) is 0.155. The first kappa shape index (κ1) is 20.1. The molecular formula is C19H24N4O4S. The highest BCUT2D eigenvalue weighted by Crippen LogP contribution is 2.26. The highest BCUT2D eigenvalue weighted by atomic mass is 32.1. The Bertz CT molecular complexity index is 851. The normalized spacial score (nSPS) is 14.4. The molecule has 1 N–H and O–H groups in total. The Hall–Kier alpha value is -2.68. The minimum atomic E-state index is -0.603. The molecule has 150 valence electrons. The van der Waals surface area contributed by atoms with Crippen molar-refractivity contribution < 1.29 is 18.8 Å². The largest absolute Gasteiger partial charge is 0.440 e. The van der Waals surface area contributed by atoms with Crippen LogP contribution in [-0.4, -0.2) is 64.7 Å². The molecule has 1 fully saturated rings. The van der Waals surface area contributed by atoms with Crippen molar-refractivity contribution in [2.45, 2.75) is 33.2 Å². The van der Waals surface area contributed by atoms with Gasteiger partial charge in [-0.15, -0.1) is 11.3 Å². The Balaban J connectivity index is 1.55. The van der Waals surface area contributed by atoms with E-state index in [-0.39, 0.29) is 18.4 Å². The molecule has 3 amide bonds. The second-order valence-electron chi connectivity index (χ2n) is 6.98. The fourth-order valence-electron chi connectivity index (χ4n) is 2.98. The Morgan fingerprint density at radius 1 is 1.21 bits per heavy atom. The molecule has 0 aromatic carbocycles. The number of hydrogen-bond acceptors (Lipinski definition) is 6. The number of amides is 3. The highest BCUT2D eigenvalue weighted by molar-refractivity contribution is 7.13. The van der Waals surface area contributed by atoms with Crippen LogP contribution in [0.25, 0.3) is 10.8 Å². The Labute approximate surface area is 167 Å². The number of nitrogens with one attached hydrogen (secondary N) is 1. The fraction of sp³-hybridized carbons (Fsp3) is 0.474. The molecule has 2 aromatic heterocycles. The van der Waals surface area contributed by atoms with Crippen LogP contribution in [0.1, 0.15) is 25.3 Å². The van der Waals surface area contributed by atoms with Crippen LogP contribution in [0.15, 0.2) is 21.9 Å². The lowest BCUT2D eigenvalue weighted by Crippen LogP contribution is -2.54. The van der Waals surface area contributed by atoms with Crippen LogP contribution in [0.4, 0.5) is 0 Å². The zero-order valence-corrected chi connectivity index (χ0v) is 17.0. The molecule has 0 radical (unpaired) electrons. The topological polar surface area (TPSA) is 95.8 Å². The molecule has 0 unspecified atom stereocenters. The number of rotatable bonds is 4. The first-order valence-corrected chi connectivity index (χ1v) is 10.1. The maximum Gasteiger partial charge on any atom is 0.312 e. The van der Waals surface area contributed by atoms with Crippen LogP contribution in [0.5, 0.6) is 0 Å². The van der Waals surface area contributed by atoms with Crippen molar-refractivity contribution in [2.75, 3.05) is 26.2 Å². The molecule has 1 aliphatic rings. The molecule has 9 heteroatoms. The van der Waals surface area contributed by atoms with Crippen molar-refractivity contribution >= 4 is 29.1 Å². The lowest BCUT2D eigenvalue weighted by Gasteiger charge is -2.34. The summed E-state index contributed by atoms with van der Waals surface area (Å²) < 4.78 is 5.68. The van der Waals surface area contributed by atoms with E-state index in [2.05, 4.69) is 10.3 Å². The molecular weight excluding hydrogens is 380 g/mol. The number of hydrogen-bond donors (Lipinski definition) is 1. The van der Waals surface area contributed by atoms with Gasteiger partial charge in [0.15, 0.2) is 0 Å². The predicted molar refractivity (Wildman–Crippen MR) is 105 cm³/mol. The van der Waals surface area contributed by atoms with Crippen LogP contribution < -0.4 is 5.32 Å². The van der Waals surface area contributed by atoms with E-state index >= 15 is 0 Å². The molecule has 0 aliphatic carbocycles. The van der Waals surface area contributed by atoms with Gasteiger partial charge in [0, 0.05) is 32.2 Å². The van der Waals surface area contributed by atoms with E-state index in [1.165, 1.54) is 16.2 Å². The van der Waals surface area contributed by atoms with Gasteiger partial charge >= 0.3 is 11.8 Å². The Kier molecular flexibility index (Phi) is 6.13. The number of carbonyl (C=O) groups is 3. The Morgan fingerprint density at radius 3 is 2.50 bits per heavy atom. The third-order valence-corrected chi connectivity index (χ3v) is 5.33. The lowest BCUT2D eigenvalue weighted by atomic mass is 10.2. The first-order valence-electron chi connectivity index (χ1n) is 9.23. The molecule has 1 saturated heterocycles. The van der Waals surface area contributed by atoms with Crippen molar-refractivity contribution in [1.82, 2.24) is 20.1 Å². The Morgan fingerprint density at radius 2 is 1.89 bits per heavy atom. The minimum absolute atomic E-state index is 0.0622. The van der Waals surface area contributed by atoms with Gasteiger partial charge in [0.2, 0.25) is 11.8 Å². The van der Waals surface area contributed by atoms with E-state index in [1.54, 1.807) is 25.7 Å². The van der Waals surface area contributed by atoms with Crippen LogP contribution >= 0.6 is 11.3 Å². The standard InChI is InChI=1S/C19H24N4O4S/c1-12(2)20-17(25)19(26)23-8-6-22(7-9-23)16(24)11-14-13(3)27-18(21-14)15-5-4-10-28-15/h4-5,10,12H,6-9,11H2,1-3H3,(H,20,25). The minimum Gasteiger partial charge on any atom is -0.440 e. The van der Waals surface area contributed by atoms with Gasteiger partial charge in [-0.25, -0.2) is 4.98 Å². The highest BCUT2D eigenvalue weighted by Gasteiger charge is 2.28. The third kappa shape index (κ3) is 4.59. The molecule has 8 nitrogen and oxygen atoms in total. The van der Waals surface area contributed by atoms with E-state index in [0.717, 1.165) is 4.88 Å². The van der Waals surface area contributed by atoms with Crippen molar-refractivity contribution in [3.05, 3.63) is 29.0 Å². The van der Waals surface area contributed by atoms with Crippen LogP contribution in [0, 0.1) is 6.92 Å². The van der Waals surface area contributed by atoms with Crippen LogP contribution in [-0.2, 0) is 20.8 Å². The number of oxazole rings is 1. The third-order valence-electron chi connectivity index (χ3n) is 4.48. The smallest absolute Gasteiger partial charge is 0.312 e. The van der Waals surface area contributed by atoms with Gasteiger partial charge in [0.25, 0.3) is 0 Å². The van der Waals surface area contributed by atoms with Gasteiger partial charge in [-0.3, -0.25) is 14.4 Å². The number of nitrogens with zero attached hydrogens (tertiary/aromatic N) is 3. The summed E-state index contributed by atoms with van der Waals surface area (Å²) in [5.74, 6) is -0.0477. The van der Waals surface area contributed by atoms with Crippen molar-refractivity contribution in [2.24, 2.45) is 0 Å². The molecule has 0 atom stereocenters. The SMILES string of the molecule is Cc1oc(-c2cccs2)nc1CC(=O)N1CCN(C(=O)C(=O)NC(C)C)CC1. The second kappa shape index (κ2) is 8.55. The molecule has 2 aromatic rings. The lowest BCUT2D eigenvalue weighted by molar-refractivity contribution is -0.148. The number of thiophene rings is 1. The summed E-state index contributed by atoms with van der Waals surface area (Å²) in [6.45, 7) is 6.89. The number of aryl methyl sites for hydroxylation is 1. The number of carbonyl (C=O) groups excluding carboxylic acids is 3. The summed E-state index contributed by atoms with van der Waals surface area (Å²) >= 11 is 1.53. The quantitative estimate of drug-likeness (QED) is 0.778. The van der Waals surface area contributed by atoms with Crippen molar-refractivity contribution in [1.29, 1.82) is 0 Å². The predicted octanol–water partition coefficient (Wildman–Crippen LogP) is 1.45. The van der Waals surface area contributed by atoms with Gasteiger partial charge in [0.05, 0.1) is 17.0 Å². The molecule has 0 bridgehead atoms. The molecule has 0 spiro atoms. The summed E-state index contributed by atoms with van der Waals surface area (Å²) in [5.41, 5.74) is 0.628. The van der Waals surface area contributed by atoms with E-state index in [9.17, 15) is 14.4 Å². The van der Waals surface area contributed by atoms with Crippen molar-refractivity contribution in [3.8, 4) is 10.8 Å². The zero-order valence-electron chi connectivity index (χ0n) is 16.2. The van der Waals surface area contributed by atoms with Crippen LogP contribution in [0.3, 0.4) is 0 Å². The van der Waals surface area contributed by atoms with E-state index < -0.39 is 11.8 Å². The van der Waals surface area contributed by atoms with Gasteiger partial charge in [0.1, 0.15) is 5.76 Å². The first-order chi connectivity index (χ1) is 13.3. The maximum absolute atomic E-state index is 12.6. The zero-order chi connectivity index (χ0) is 20.3. The van der Waals surface area contributed by atoms with E-state index in [0.29, 0.717) is 43.5 Å².